The van der Waals surface area contributed by atoms with Gasteiger partial charge in [0.2, 0.25) is 0 Å². The summed E-state index contributed by atoms with van der Waals surface area (Å²) in [6.07, 6.45) is 2.89. The largest absolute Gasteiger partial charge is 0.458 e. The summed E-state index contributed by atoms with van der Waals surface area (Å²) in [5, 5.41) is 1.29. The molecule has 5 heteroatoms. The Balaban J connectivity index is 1.75. The van der Waals surface area contributed by atoms with Crippen LogP contribution in [0.2, 0.25) is 5.02 Å². The van der Waals surface area contributed by atoms with Crippen molar-refractivity contribution in [3.8, 4) is 0 Å². The molecule has 0 fully saturated rings. The molecule has 126 valence electrons. The molecular formula is C20H15ClO4. The molecule has 1 heterocycles. The Morgan fingerprint density at radius 3 is 2.80 bits per heavy atom. The van der Waals surface area contributed by atoms with E-state index in [-0.39, 0.29) is 6.61 Å². The van der Waals surface area contributed by atoms with E-state index in [1.807, 2.05) is 31.2 Å². The van der Waals surface area contributed by atoms with Crippen LogP contribution in [0.4, 0.5) is 0 Å². The monoisotopic (exact) mass is 354 g/mol. The van der Waals surface area contributed by atoms with Crippen molar-refractivity contribution in [1.82, 2.24) is 0 Å². The lowest BCUT2D eigenvalue weighted by molar-refractivity contribution is -0.138. The van der Waals surface area contributed by atoms with Crippen molar-refractivity contribution < 1.29 is 13.9 Å². The van der Waals surface area contributed by atoms with Crippen molar-refractivity contribution in [2.45, 2.75) is 13.5 Å². The van der Waals surface area contributed by atoms with Crippen LogP contribution < -0.4 is 5.63 Å². The number of benzene rings is 2. The van der Waals surface area contributed by atoms with E-state index in [0.717, 1.165) is 16.5 Å². The van der Waals surface area contributed by atoms with E-state index in [2.05, 4.69) is 0 Å². The zero-order chi connectivity index (χ0) is 17.8. The van der Waals surface area contributed by atoms with Gasteiger partial charge in [0.1, 0.15) is 12.2 Å². The van der Waals surface area contributed by atoms with Gasteiger partial charge in [-0.1, -0.05) is 41.9 Å². The van der Waals surface area contributed by atoms with Crippen molar-refractivity contribution in [1.29, 1.82) is 0 Å². The molecular weight excluding hydrogens is 340 g/mol. The number of esters is 1. The fourth-order valence-corrected chi connectivity index (χ4v) is 2.62. The van der Waals surface area contributed by atoms with Crippen LogP contribution in [0, 0.1) is 6.92 Å². The lowest BCUT2D eigenvalue weighted by Gasteiger charge is -2.06. The molecule has 25 heavy (non-hydrogen) atoms. The molecule has 0 aliphatic heterocycles. The normalized spacial score (nSPS) is 11.1. The van der Waals surface area contributed by atoms with E-state index in [9.17, 15) is 9.59 Å². The molecule has 0 radical (unpaired) electrons. The predicted octanol–water partition coefficient (Wildman–Crippen LogP) is 4.51. The Bertz CT molecular complexity index is 1020. The third-order valence-corrected chi connectivity index (χ3v) is 4.00. The van der Waals surface area contributed by atoms with Gasteiger partial charge in [-0.3, -0.25) is 0 Å². The molecule has 0 atom stereocenters. The summed E-state index contributed by atoms with van der Waals surface area (Å²) in [6, 6.07) is 14.0. The SMILES string of the molecule is Cc1ccc2c(COC(=O)/C=C/c3ccccc3Cl)cc(=O)oc2c1. The van der Waals surface area contributed by atoms with Crippen LogP contribution >= 0.6 is 11.6 Å². The summed E-state index contributed by atoms with van der Waals surface area (Å²) in [5.41, 5.74) is 2.31. The molecule has 3 rings (SSSR count). The first-order chi connectivity index (χ1) is 12.0. The maximum absolute atomic E-state index is 11.9. The van der Waals surface area contributed by atoms with Crippen molar-refractivity contribution in [3.05, 3.63) is 86.7 Å². The summed E-state index contributed by atoms with van der Waals surface area (Å²) in [6.45, 7) is 1.89. The number of carbonyl (C=O) groups excluding carboxylic acids is 1. The third kappa shape index (κ3) is 4.17. The molecule has 0 saturated heterocycles. The van der Waals surface area contributed by atoms with Gasteiger partial charge in [-0.05, 0) is 36.3 Å². The van der Waals surface area contributed by atoms with Crippen LogP contribution in [-0.4, -0.2) is 5.97 Å². The van der Waals surface area contributed by atoms with Crippen LogP contribution in [0.5, 0.6) is 0 Å². The average Bonchev–Trinajstić information content (AvgIpc) is 2.58. The highest BCUT2D eigenvalue weighted by molar-refractivity contribution is 6.32. The van der Waals surface area contributed by atoms with Gasteiger partial charge < -0.3 is 9.15 Å². The smallest absolute Gasteiger partial charge is 0.336 e. The maximum Gasteiger partial charge on any atom is 0.336 e. The Morgan fingerprint density at radius 1 is 1.20 bits per heavy atom. The van der Waals surface area contributed by atoms with Gasteiger partial charge in [0.25, 0.3) is 0 Å². The van der Waals surface area contributed by atoms with Crippen LogP contribution in [-0.2, 0) is 16.1 Å². The first-order valence-electron chi connectivity index (χ1n) is 7.66. The molecule has 1 aromatic heterocycles. The van der Waals surface area contributed by atoms with E-state index >= 15 is 0 Å². The Labute approximate surface area is 149 Å². The Hall–Kier alpha value is -2.85. The number of carbonyl (C=O) groups is 1. The topological polar surface area (TPSA) is 56.5 Å². The van der Waals surface area contributed by atoms with Crippen molar-refractivity contribution in [2.75, 3.05) is 0 Å². The lowest BCUT2D eigenvalue weighted by atomic mass is 10.1. The molecule has 3 aromatic rings. The molecule has 4 nitrogen and oxygen atoms in total. The Kier molecular flexibility index (Phi) is 5.00. The fourth-order valence-electron chi connectivity index (χ4n) is 2.42. The van der Waals surface area contributed by atoms with E-state index < -0.39 is 11.6 Å². The van der Waals surface area contributed by atoms with Crippen LogP contribution in [0.1, 0.15) is 16.7 Å². The zero-order valence-corrected chi connectivity index (χ0v) is 14.2. The van der Waals surface area contributed by atoms with E-state index in [1.54, 1.807) is 24.3 Å². The fraction of sp³-hybridized carbons (Fsp3) is 0.100. The van der Waals surface area contributed by atoms with Gasteiger partial charge in [-0.25, -0.2) is 9.59 Å². The summed E-state index contributed by atoms with van der Waals surface area (Å²) in [5.74, 6) is -0.520. The summed E-state index contributed by atoms with van der Waals surface area (Å²) < 4.78 is 10.4. The molecule has 0 N–H and O–H groups in total. The highest BCUT2D eigenvalue weighted by Gasteiger charge is 2.08. The first kappa shape index (κ1) is 17.0. The van der Waals surface area contributed by atoms with Crippen molar-refractivity contribution in [2.24, 2.45) is 0 Å². The molecule has 0 saturated carbocycles. The minimum Gasteiger partial charge on any atom is -0.458 e. The van der Waals surface area contributed by atoms with Crippen LogP contribution in [0.15, 0.2) is 63.8 Å². The second-order valence-corrected chi connectivity index (χ2v) is 5.96. The average molecular weight is 355 g/mol. The highest BCUT2D eigenvalue weighted by Crippen LogP contribution is 2.20. The molecule has 0 unspecified atom stereocenters. The molecule has 2 aromatic carbocycles. The molecule has 0 amide bonds. The van der Waals surface area contributed by atoms with E-state index in [1.165, 1.54) is 12.1 Å². The zero-order valence-electron chi connectivity index (χ0n) is 13.5. The van der Waals surface area contributed by atoms with Gasteiger partial charge in [0, 0.05) is 28.1 Å². The number of aryl methyl sites for hydroxylation is 1. The van der Waals surface area contributed by atoms with Crippen LogP contribution in [0.25, 0.3) is 17.0 Å². The van der Waals surface area contributed by atoms with Crippen LogP contribution in [0.3, 0.4) is 0 Å². The summed E-state index contributed by atoms with van der Waals surface area (Å²) >= 11 is 6.03. The Morgan fingerprint density at radius 2 is 2.00 bits per heavy atom. The standard InChI is InChI=1S/C20H15ClO4/c1-13-6-8-16-15(11-20(23)25-18(16)10-13)12-24-19(22)9-7-14-4-2-3-5-17(14)21/h2-11H,12H2,1H3/b9-7+. The second kappa shape index (κ2) is 7.36. The number of halogens is 1. The van der Waals surface area contributed by atoms with E-state index in [4.69, 9.17) is 20.8 Å². The number of fused-ring (bicyclic) bond motifs is 1. The number of ether oxygens (including phenoxy) is 1. The number of hydrogen-bond acceptors (Lipinski definition) is 4. The lowest BCUT2D eigenvalue weighted by Crippen LogP contribution is -2.05. The molecule has 0 aliphatic rings. The molecule has 0 aliphatic carbocycles. The second-order valence-electron chi connectivity index (χ2n) is 5.55. The van der Waals surface area contributed by atoms with Gasteiger partial charge in [-0.2, -0.15) is 0 Å². The van der Waals surface area contributed by atoms with Crippen molar-refractivity contribution >= 4 is 34.6 Å². The number of hydrogen-bond donors (Lipinski definition) is 0. The minimum absolute atomic E-state index is 0.0170. The summed E-state index contributed by atoms with van der Waals surface area (Å²) in [7, 11) is 0. The third-order valence-electron chi connectivity index (χ3n) is 3.66. The quantitative estimate of drug-likeness (QED) is 0.393. The predicted molar refractivity (Wildman–Crippen MR) is 97.5 cm³/mol. The first-order valence-corrected chi connectivity index (χ1v) is 8.03. The van der Waals surface area contributed by atoms with E-state index in [0.29, 0.717) is 16.2 Å². The summed E-state index contributed by atoms with van der Waals surface area (Å²) in [4.78, 5) is 23.6. The van der Waals surface area contributed by atoms with Gasteiger partial charge in [-0.15, -0.1) is 0 Å². The van der Waals surface area contributed by atoms with Gasteiger partial charge in [0.15, 0.2) is 0 Å². The minimum atomic E-state index is -0.520. The molecule has 0 bridgehead atoms. The maximum atomic E-state index is 11.9. The van der Waals surface area contributed by atoms with Gasteiger partial charge >= 0.3 is 11.6 Å². The number of rotatable bonds is 4. The van der Waals surface area contributed by atoms with Crippen molar-refractivity contribution in [3.63, 3.8) is 0 Å². The highest BCUT2D eigenvalue weighted by atomic mass is 35.5. The molecule has 0 spiro atoms. The van der Waals surface area contributed by atoms with Gasteiger partial charge in [0.05, 0.1) is 0 Å².